The van der Waals surface area contributed by atoms with Gasteiger partial charge in [0.05, 0.1) is 5.56 Å². The van der Waals surface area contributed by atoms with E-state index >= 15 is 0 Å². The van der Waals surface area contributed by atoms with Crippen molar-refractivity contribution in [2.75, 3.05) is 0 Å². The number of hydrogen-bond acceptors (Lipinski definition) is 3. The first-order chi connectivity index (χ1) is 8.08. The SMILES string of the molecule is CCCC(Oc1ccc(C#N)c(F)c1)C(=O)O. The molecule has 90 valence electrons. The summed E-state index contributed by atoms with van der Waals surface area (Å²) >= 11 is 0. The molecule has 1 N–H and O–H groups in total. The number of nitrogens with zero attached hydrogens (tertiary/aromatic N) is 1. The smallest absolute Gasteiger partial charge is 0.344 e. The molecule has 1 atom stereocenters. The molecule has 1 aromatic rings. The maximum absolute atomic E-state index is 13.2. The summed E-state index contributed by atoms with van der Waals surface area (Å²) in [6.07, 6.45) is -0.000468. The van der Waals surface area contributed by atoms with E-state index in [0.717, 1.165) is 6.07 Å². The quantitative estimate of drug-likeness (QED) is 0.853. The van der Waals surface area contributed by atoms with Gasteiger partial charge < -0.3 is 9.84 Å². The second kappa shape index (κ2) is 5.85. The number of benzene rings is 1. The van der Waals surface area contributed by atoms with E-state index in [2.05, 4.69) is 0 Å². The third-order valence-electron chi connectivity index (χ3n) is 2.17. The summed E-state index contributed by atoms with van der Waals surface area (Å²) in [6.45, 7) is 1.83. The van der Waals surface area contributed by atoms with Crippen LogP contribution in [0.25, 0.3) is 0 Å². The van der Waals surface area contributed by atoms with Crippen LogP contribution in [0.15, 0.2) is 18.2 Å². The van der Waals surface area contributed by atoms with E-state index in [1.165, 1.54) is 12.1 Å². The molecular weight excluding hydrogens is 225 g/mol. The van der Waals surface area contributed by atoms with E-state index in [9.17, 15) is 9.18 Å². The predicted octanol–water partition coefficient (Wildman–Crippen LogP) is 2.33. The molecule has 0 aromatic heterocycles. The summed E-state index contributed by atoms with van der Waals surface area (Å²) < 4.78 is 18.4. The lowest BCUT2D eigenvalue weighted by Crippen LogP contribution is -2.26. The van der Waals surface area contributed by atoms with Gasteiger partial charge in [-0.3, -0.25) is 0 Å². The van der Waals surface area contributed by atoms with Gasteiger partial charge in [0.1, 0.15) is 17.6 Å². The van der Waals surface area contributed by atoms with Crippen LogP contribution in [0.5, 0.6) is 5.75 Å². The Morgan fingerprint density at radius 3 is 2.82 bits per heavy atom. The van der Waals surface area contributed by atoms with Crippen LogP contribution in [0.1, 0.15) is 25.3 Å². The van der Waals surface area contributed by atoms with Crippen LogP contribution in [-0.2, 0) is 4.79 Å². The maximum Gasteiger partial charge on any atom is 0.344 e. The van der Waals surface area contributed by atoms with Crippen LogP contribution in [0.2, 0.25) is 0 Å². The zero-order chi connectivity index (χ0) is 12.8. The molecule has 1 unspecified atom stereocenters. The first-order valence-electron chi connectivity index (χ1n) is 5.17. The van der Waals surface area contributed by atoms with E-state index < -0.39 is 17.9 Å². The topological polar surface area (TPSA) is 70.3 Å². The van der Waals surface area contributed by atoms with Gasteiger partial charge in [-0.05, 0) is 18.6 Å². The third-order valence-corrected chi connectivity index (χ3v) is 2.17. The first-order valence-corrected chi connectivity index (χ1v) is 5.17. The lowest BCUT2D eigenvalue weighted by Gasteiger charge is -2.14. The summed E-state index contributed by atoms with van der Waals surface area (Å²) in [6, 6.07) is 5.34. The number of nitriles is 1. The predicted molar refractivity (Wildman–Crippen MR) is 58.1 cm³/mol. The van der Waals surface area contributed by atoms with Crippen molar-refractivity contribution in [2.24, 2.45) is 0 Å². The van der Waals surface area contributed by atoms with E-state index in [1.54, 1.807) is 6.07 Å². The van der Waals surface area contributed by atoms with Crippen LogP contribution in [0.3, 0.4) is 0 Å². The van der Waals surface area contributed by atoms with Gasteiger partial charge in [0.2, 0.25) is 0 Å². The summed E-state index contributed by atoms with van der Waals surface area (Å²) in [4.78, 5) is 10.8. The van der Waals surface area contributed by atoms with Gasteiger partial charge in [0.15, 0.2) is 6.10 Å². The second-order valence-corrected chi connectivity index (χ2v) is 3.49. The lowest BCUT2D eigenvalue weighted by molar-refractivity contribution is -0.145. The van der Waals surface area contributed by atoms with Gasteiger partial charge in [-0.15, -0.1) is 0 Å². The molecule has 0 saturated carbocycles. The van der Waals surface area contributed by atoms with Crippen LogP contribution in [0.4, 0.5) is 4.39 Å². The molecule has 0 aliphatic rings. The van der Waals surface area contributed by atoms with Crippen LogP contribution < -0.4 is 4.74 Å². The number of carboxylic acid groups (broad SMARTS) is 1. The Morgan fingerprint density at radius 2 is 2.35 bits per heavy atom. The van der Waals surface area contributed by atoms with Crippen molar-refractivity contribution >= 4 is 5.97 Å². The summed E-state index contributed by atoms with van der Waals surface area (Å²) in [5.41, 5.74) is -0.0975. The molecule has 17 heavy (non-hydrogen) atoms. The number of hydrogen-bond donors (Lipinski definition) is 1. The van der Waals surface area contributed by atoms with Crippen LogP contribution in [-0.4, -0.2) is 17.2 Å². The molecule has 0 bridgehead atoms. The monoisotopic (exact) mass is 237 g/mol. The van der Waals surface area contributed by atoms with Crippen molar-refractivity contribution in [1.29, 1.82) is 5.26 Å². The molecule has 0 aliphatic heterocycles. The van der Waals surface area contributed by atoms with Crippen molar-refractivity contribution in [1.82, 2.24) is 0 Å². The molecule has 1 aromatic carbocycles. The molecule has 0 radical (unpaired) electrons. The molecule has 1 rings (SSSR count). The molecular formula is C12H12FNO3. The van der Waals surface area contributed by atoms with Crippen molar-refractivity contribution in [3.8, 4) is 11.8 Å². The van der Waals surface area contributed by atoms with Gasteiger partial charge in [0, 0.05) is 6.07 Å². The fourth-order valence-corrected chi connectivity index (χ4v) is 1.32. The van der Waals surface area contributed by atoms with Crippen molar-refractivity contribution < 1.29 is 19.0 Å². The molecule has 4 nitrogen and oxygen atoms in total. The largest absolute Gasteiger partial charge is 0.479 e. The van der Waals surface area contributed by atoms with Crippen molar-refractivity contribution in [2.45, 2.75) is 25.9 Å². The summed E-state index contributed by atoms with van der Waals surface area (Å²) in [5.74, 6) is -1.69. The number of rotatable bonds is 5. The Balaban J connectivity index is 2.84. The highest BCUT2D eigenvalue weighted by Gasteiger charge is 2.18. The first kappa shape index (κ1) is 13.0. The standard InChI is InChI=1S/C12H12FNO3/c1-2-3-11(12(15)16)17-9-5-4-8(7-14)10(13)6-9/h4-6,11H,2-3H2,1H3,(H,15,16). The average molecular weight is 237 g/mol. The Labute approximate surface area is 98.2 Å². The molecule has 0 amide bonds. The van der Waals surface area contributed by atoms with E-state index in [1.807, 2.05) is 6.92 Å². The highest BCUT2D eigenvalue weighted by atomic mass is 19.1. The number of aliphatic carboxylic acids is 1. The summed E-state index contributed by atoms with van der Waals surface area (Å²) in [7, 11) is 0. The van der Waals surface area contributed by atoms with Gasteiger partial charge in [-0.25, -0.2) is 9.18 Å². The molecule has 0 saturated heterocycles. The van der Waals surface area contributed by atoms with Gasteiger partial charge in [0.25, 0.3) is 0 Å². The Morgan fingerprint density at radius 1 is 1.65 bits per heavy atom. The van der Waals surface area contributed by atoms with Gasteiger partial charge in [-0.1, -0.05) is 13.3 Å². The molecule has 0 spiro atoms. The summed E-state index contributed by atoms with van der Waals surface area (Å²) in [5, 5.41) is 17.4. The van der Waals surface area contributed by atoms with E-state index in [0.29, 0.717) is 12.8 Å². The lowest BCUT2D eigenvalue weighted by atomic mass is 10.2. The molecule has 0 heterocycles. The minimum Gasteiger partial charge on any atom is -0.479 e. The van der Waals surface area contributed by atoms with Crippen LogP contribution >= 0.6 is 0 Å². The number of carboxylic acids is 1. The minimum absolute atomic E-state index is 0.0975. The fraction of sp³-hybridized carbons (Fsp3) is 0.333. The van der Waals surface area contributed by atoms with E-state index in [-0.39, 0.29) is 11.3 Å². The average Bonchev–Trinajstić information content (AvgIpc) is 2.28. The fourth-order valence-electron chi connectivity index (χ4n) is 1.32. The maximum atomic E-state index is 13.2. The highest BCUT2D eigenvalue weighted by Crippen LogP contribution is 2.18. The minimum atomic E-state index is -1.09. The van der Waals surface area contributed by atoms with E-state index in [4.69, 9.17) is 15.1 Å². The van der Waals surface area contributed by atoms with Crippen molar-refractivity contribution in [3.05, 3.63) is 29.6 Å². The molecule has 0 aliphatic carbocycles. The Kier molecular flexibility index (Phi) is 4.46. The van der Waals surface area contributed by atoms with Crippen molar-refractivity contribution in [3.63, 3.8) is 0 Å². The Hall–Kier alpha value is -2.09. The second-order valence-electron chi connectivity index (χ2n) is 3.49. The number of ether oxygens (including phenoxy) is 1. The molecule has 0 fully saturated rings. The number of halogens is 1. The van der Waals surface area contributed by atoms with Gasteiger partial charge in [-0.2, -0.15) is 5.26 Å². The highest BCUT2D eigenvalue weighted by molar-refractivity contribution is 5.72. The molecule has 5 heteroatoms. The normalized spacial score (nSPS) is 11.6. The Bertz CT molecular complexity index is 454. The zero-order valence-electron chi connectivity index (χ0n) is 9.31. The number of carbonyl (C=O) groups is 1. The zero-order valence-corrected chi connectivity index (χ0v) is 9.31. The van der Waals surface area contributed by atoms with Crippen LogP contribution in [0, 0.1) is 17.1 Å². The third kappa shape index (κ3) is 3.45. The van der Waals surface area contributed by atoms with Gasteiger partial charge >= 0.3 is 5.97 Å².